The van der Waals surface area contributed by atoms with Crippen molar-refractivity contribution >= 4 is 74.3 Å². The minimum atomic E-state index is -0.00406. The predicted molar refractivity (Wildman–Crippen MR) is 246 cm³/mol. The van der Waals surface area contributed by atoms with E-state index in [1.807, 2.05) is 0 Å². The van der Waals surface area contributed by atoms with Crippen molar-refractivity contribution in [3.63, 3.8) is 0 Å². The van der Waals surface area contributed by atoms with E-state index in [0.717, 1.165) is 34.1 Å². The van der Waals surface area contributed by atoms with Crippen LogP contribution in [0.5, 0.6) is 0 Å². The first kappa shape index (κ1) is 33.8. The highest BCUT2D eigenvalue weighted by atomic mass is 15.2. The van der Waals surface area contributed by atoms with Gasteiger partial charge >= 0.3 is 0 Å². The molecule has 0 N–H and O–H groups in total. The van der Waals surface area contributed by atoms with Crippen LogP contribution in [0.1, 0.15) is 0 Å². The number of nitrogens with zero attached hydrogens (tertiary/aromatic N) is 3. The summed E-state index contributed by atoms with van der Waals surface area (Å²) in [5.74, 6) is 0. The molecule has 0 amide bonds. The van der Waals surface area contributed by atoms with E-state index in [2.05, 4.69) is 245 Å². The van der Waals surface area contributed by atoms with Crippen LogP contribution in [0.2, 0.25) is 0 Å². The fourth-order valence-electron chi connectivity index (χ4n) is 9.04. The van der Waals surface area contributed by atoms with E-state index >= 15 is 0 Å². The molecule has 0 saturated carbocycles. The van der Waals surface area contributed by atoms with Gasteiger partial charge in [-0.2, -0.15) is 0 Å². The van der Waals surface area contributed by atoms with Crippen molar-refractivity contribution in [2.45, 2.75) is 0 Å². The van der Waals surface area contributed by atoms with Crippen LogP contribution >= 0.6 is 0 Å². The van der Waals surface area contributed by atoms with Gasteiger partial charge < -0.3 is 14.7 Å². The second-order valence-corrected chi connectivity index (χ2v) is 15.0. The molecular formula is C54H38BN3. The molecule has 0 unspecified atom stereocenters. The molecule has 58 heavy (non-hydrogen) atoms. The lowest BCUT2D eigenvalue weighted by Gasteiger charge is -2.45. The third-order valence-corrected chi connectivity index (χ3v) is 11.6. The first-order chi connectivity index (χ1) is 28.8. The molecule has 0 atom stereocenters. The first-order valence-electron chi connectivity index (χ1n) is 20.0. The summed E-state index contributed by atoms with van der Waals surface area (Å²) in [5.41, 5.74) is 18.9. The average molecular weight is 740 g/mol. The highest BCUT2D eigenvalue weighted by Crippen LogP contribution is 2.48. The van der Waals surface area contributed by atoms with Crippen molar-refractivity contribution in [3.05, 3.63) is 231 Å². The molecule has 4 heteroatoms. The summed E-state index contributed by atoms with van der Waals surface area (Å²) in [6, 6.07) is 83.7. The maximum atomic E-state index is 2.50. The molecule has 0 saturated heterocycles. The van der Waals surface area contributed by atoms with E-state index in [9.17, 15) is 0 Å². The van der Waals surface area contributed by atoms with Gasteiger partial charge in [0.1, 0.15) is 0 Å². The van der Waals surface area contributed by atoms with Crippen molar-refractivity contribution < 1.29 is 0 Å². The lowest BCUT2D eigenvalue weighted by molar-refractivity contribution is 1.23. The number of rotatable bonds is 7. The Balaban J connectivity index is 1.23. The second kappa shape index (κ2) is 14.2. The molecule has 0 fully saturated rings. The average Bonchev–Trinajstić information content (AvgIpc) is 3.30. The van der Waals surface area contributed by atoms with Gasteiger partial charge in [0.2, 0.25) is 0 Å². The lowest BCUT2D eigenvalue weighted by atomic mass is 9.33. The minimum Gasteiger partial charge on any atom is -0.311 e. The molecule has 0 aliphatic carbocycles. The van der Waals surface area contributed by atoms with Gasteiger partial charge in [-0.25, -0.2) is 0 Å². The molecule has 2 heterocycles. The summed E-state index contributed by atoms with van der Waals surface area (Å²) in [7, 11) is 0. The maximum absolute atomic E-state index is 2.50. The molecule has 3 nitrogen and oxygen atoms in total. The quantitative estimate of drug-likeness (QED) is 0.151. The SMILES string of the molecule is c1ccc(-c2ccc(N3c4ccc(-c5ccccc5)cc4B4c5ccccc5N(c5ccccc5)c5cc(N(c6ccccc6)c6ccccc6)cc3c54)cc2)cc1. The van der Waals surface area contributed by atoms with E-state index in [1.165, 1.54) is 55.7 Å². The van der Waals surface area contributed by atoms with Gasteiger partial charge in [-0.05, 0) is 111 Å². The zero-order valence-electron chi connectivity index (χ0n) is 31.9. The van der Waals surface area contributed by atoms with Gasteiger partial charge in [-0.3, -0.25) is 0 Å². The van der Waals surface area contributed by atoms with Crippen molar-refractivity contribution in [1.29, 1.82) is 0 Å². The van der Waals surface area contributed by atoms with Crippen LogP contribution in [0.3, 0.4) is 0 Å². The minimum absolute atomic E-state index is 0.00406. The number of hydrogen-bond donors (Lipinski definition) is 0. The maximum Gasteiger partial charge on any atom is 0.252 e. The summed E-state index contributed by atoms with van der Waals surface area (Å²) in [5, 5.41) is 0. The molecule has 0 aromatic heterocycles. The summed E-state index contributed by atoms with van der Waals surface area (Å²) < 4.78 is 0. The van der Waals surface area contributed by atoms with Crippen LogP contribution in [-0.4, -0.2) is 6.71 Å². The van der Waals surface area contributed by atoms with Crippen LogP contribution < -0.4 is 31.1 Å². The molecule has 0 spiro atoms. The van der Waals surface area contributed by atoms with Crippen LogP contribution in [0.25, 0.3) is 22.3 Å². The second-order valence-electron chi connectivity index (χ2n) is 15.0. The molecular weight excluding hydrogens is 701 g/mol. The number of fused-ring (bicyclic) bond motifs is 4. The standard InChI is InChI=1S/C54H38BN3/c1-6-18-39(19-7-1)41-30-33-46(34-31-41)58-51-35-32-42(40-20-8-2-9-21-40)36-49(51)55-48-28-16-17-29-50(48)57(45-26-14-5-15-27-45)52-37-47(38-53(58)54(52)55)56(43-22-10-3-11-23-43)44-24-12-4-13-25-44/h1-38H. The topological polar surface area (TPSA) is 9.72 Å². The number of para-hydroxylation sites is 4. The monoisotopic (exact) mass is 739 g/mol. The molecule has 0 radical (unpaired) electrons. The fourth-order valence-corrected chi connectivity index (χ4v) is 9.04. The molecule has 2 aliphatic rings. The van der Waals surface area contributed by atoms with Gasteiger partial charge in [-0.1, -0.05) is 158 Å². The van der Waals surface area contributed by atoms with Gasteiger partial charge in [0.15, 0.2) is 0 Å². The Morgan fingerprint density at radius 3 is 1.31 bits per heavy atom. The number of hydrogen-bond acceptors (Lipinski definition) is 3. The lowest BCUT2D eigenvalue weighted by Crippen LogP contribution is -2.61. The smallest absolute Gasteiger partial charge is 0.252 e. The Morgan fingerprint density at radius 2 is 0.724 bits per heavy atom. The van der Waals surface area contributed by atoms with Gasteiger partial charge in [0, 0.05) is 45.5 Å². The van der Waals surface area contributed by atoms with E-state index in [4.69, 9.17) is 0 Å². The highest BCUT2D eigenvalue weighted by Gasteiger charge is 2.44. The van der Waals surface area contributed by atoms with Crippen LogP contribution in [0, 0.1) is 0 Å². The molecule has 9 aromatic carbocycles. The van der Waals surface area contributed by atoms with E-state index in [-0.39, 0.29) is 6.71 Å². The Hall–Kier alpha value is -7.56. The van der Waals surface area contributed by atoms with Crippen LogP contribution in [0.4, 0.5) is 51.2 Å². The van der Waals surface area contributed by atoms with Crippen molar-refractivity contribution in [2.75, 3.05) is 14.7 Å². The molecule has 9 aromatic rings. The normalized spacial score (nSPS) is 12.4. The van der Waals surface area contributed by atoms with Crippen LogP contribution in [0.15, 0.2) is 231 Å². The molecule has 2 aliphatic heterocycles. The molecule has 11 rings (SSSR count). The molecule has 0 bridgehead atoms. The Labute approximate surface area is 340 Å². The van der Waals surface area contributed by atoms with E-state index in [0.29, 0.717) is 0 Å². The van der Waals surface area contributed by atoms with Crippen molar-refractivity contribution in [3.8, 4) is 22.3 Å². The predicted octanol–water partition coefficient (Wildman–Crippen LogP) is 12.6. The third-order valence-electron chi connectivity index (χ3n) is 11.6. The van der Waals surface area contributed by atoms with Crippen molar-refractivity contribution in [1.82, 2.24) is 0 Å². The Morgan fingerprint density at radius 1 is 0.293 bits per heavy atom. The fraction of sp³-hybridized carbons (Fsp3) is 0. The van der Waals surface area contributed by atoms with Gasteiger partial charge in [0.05, 0.1) is 5.69 Å². The van der Waals surface area contributed by atoms with Crippen LogP contribution in [-0.2, 0) is 0 Å². The largest absolute Gasteiger partial charge is 0.311 e. The van der Waals surface area contributed by atoms with E-state index in [1.54, 1.807) is 0 Å². The Kier molecular flexibility index (Phi) is 8.26. The Bertz CT molecular complexity index is 2840. The summed E-state index contributed by atoms with van der Waals surface area (Å²) in [6.07, 6.45) is 0. The third kappa shape index (κ3) is 5.69. The molecule has 272 valence electrons. The number of benzene rings is 9. The first-order valence-corrected chi connectivity index (χ1v) is 20.0. The van der Waals surface area contributed by atoms with Gasteiger partial charge in [0.25, 0.3) is 6.71 Å². The number of anilines is 9. The van der Waals surface area contributed by atoms with Crippen molar-refractivity contribution in [2.24, 2.45) is 0 Å². The zero-order valence-corrected chi connectivity index (χ0v) is 31.9. The summed E-state index contributed by atoms with van der Waals surface area (Å²) in [4.78, 5) is 7.37. The summed E-state index contributed by atoms with van der Waals surface area (Å²) >= 11 is 0. The van der Waals surface area contributed by atoms with Gasteiger partial charge in [-0.15, -0.1) is 0 Å². The highest BCUT2D eigenvalue weighted by molar-refractivity contribution is 7.00. The zero-order chi connectivity index (χ0) is 38.4. The van der Waals surface area contributed by atoms with E-state index < -0.39 is 0 Å². The summed E-state index contributed by atoms with van der Waals surface area (Å²) in [6.45, 7) is -0.00406.